The molecule has 3 rings (SSSR count). The van der Waals surface area contributed by atoms with Gasteiger partial charge in [0.2, 0.25) is 0 Å². The van der Waals surface area contributed by atoms with Crippen molar-refractivity contribution >= 4 is 24.5 Å². The zero-order valence-electron chi connectivity index (χ0n) is 9.59. The fourth-order valence-electron chi connectivity index (χ4n) is 1.83. The number of rotatable bonds is 2. The van der Waals surface area contributed by atoms with Crippen LogP contribution in [-0.2, 0) is 11.3 Å². The van der Waals surface area contributed by atoms with E-state index in [-0.39, 0.29) is 5.91 Å². The number of pyridine rings is 1. The number of carbonyl (C=O) groups is 1. The number of nitrogens with one attached hydrogen (secondary N) is 1. The smallest absolute Gasteiger partial charge is 0.330 e. The van der Waals surface area contributed by atoms with E-state index in [9.17, 15) is 4.79 Å². The van der Waals surface area contributed by atoms with Crippen LogP contribution in [0.1, 0.15) is 16.1 Å². The molecule has 1 aliphatic rings. The highest BCUT2D eigenvalue weighted by molar-refractivity contribution is 6.49. The standard InChI is InChI=1S/C13H10BN2O2/c17-13(12-3-1-2-6-15-12)16-10-5-4-9-8-18-14-11(9)7-10/h1-7H,8H2,(H,16,17). The van der Waals surface area contributed by atoms with Crippen LogP contribution in [-0.4, -0.2) is 18.4 Å². The molecule has 5 heteroatoms. The summed E-state index contributed by atoms with van der Waals surface area (Å²) in [4.78, 5) is 15.9. The minimum Gasteiger partial charge on any atom is -0.430 e. The molecule has 1 aliphatic heterocycles. The molecular formula is C13H10BN2O2. The number of aromatic nitrogens is 1. The zero-order valence-corrected chi connectivity index (χ0v) is 9.59. The zero-order chi connectivity index (χ0) is 12.4. The Morgan fingerprint density at radius 1 is 1.33 bits per heavy atom. The average Bonchev–Trinajstić information content (AvgIpc) is 2.87. The van der Waals surface area contributed by atoms with Crippen LogP contribution in [0, 0.1) is 0 Å². The van der Waals surface area contributed by atoms with E-state index >= 15 is 0 Å². The van der Waals surface area contributed by atoms with Crippen LogP contribution in [0.4, 0.5) is 5.69 Å². The highest BCUT2D eigenvalue weighted by Crippen LogP contribution is 2.12. The normalized spacial score (nSPS) is 12.7. The molecule has 0 aliphatic carbocycles. The molecule has 2 heterocycles. The number of fused-ring (bicyclic) bond motifs is 1. The third-order valence-corrected chi connectivity index (χ3v) is 2.75. The summed E-state index contributed by atoms with van der Waals surface area (Å²) in [5.41, 5.74) is 3.28. The lowest BCUT2D eigenvalue weighted by atomic mass is 9.87. The maximum absolute atomic E-state index is 11.9. The molecule has 0 bridgehead atoms. The maximum Gasteiger partial charge on any atom is 0.330 e. The minimum atomic E-state index is -0.213. The van der Waals surface area contributed by atoms with E-state index in [1.54, 1.807) is 31.9 Å². The molecule has 0 saturated carbocycles. The van der Waals surface area contributed by atoms with Crippen molar-refractivity contribution in [1.29, 1.82) is 0 Å². The Kier molecular flexibility index (Phi) is 2.82. The monoisotopic (exact) mass is 237 g/mol. The molecule has 2 aromatic rings. The topological polar surface area (TPSA) is 51.2 Å². The van der Waals surface area contributed by atoms with Crippen molar-refractivity contribution in [1.82, 2.24) is 4.98 Å². The van der Waals surface area contributed by atoms with E-state index in [1.165, 1.54) is 0 Å². The first kappa shape index (κ1) is 11.0. The Bertz CT molecular complexity index is 587. The summed E-state index contributed by atoms with van der Waals surface area (Å²) in [5, 5.41) is 2.81. The van der Waals surface area contributed by atoms with Gasteiger partial charge in [-0.2, -0.15) is 0 Å². The number of hydrogen-bond donors (Lipinski definition) is 1. The maximum atomic E-state index is 11.9. The van der Waals surface area contributed by atoms with Crippen molar-refractivity contribution in [2.24, 2.45) is 0 Å². The van der Waals surface area contributed by atoms with Gasteiger partial charge in [-0.1, -0.05) is 12.1 Å². The Hall–Kier alpha value is -2.14. The molecular weight excluding hydrogens is 227 g/mol. The summed E-state index contributed by atoms with van der Waals surface area (Å²) >= 11 is 0. The summed E-state index contributed by atoms with van der Waals surface area (Å²) < 4.78 is 5.21. The number of hydrogen-bond acceptors (Lipinski definition) is 3. The van der Waals surface area contributed by atoms with Gasteiger partial charge in [0.25, 0.3) is 5.91 Å². The Morgan fingerprint density at radius 3 is 3.11 bits per heavy atom. The molecule has 87 valence electrons. The van der Waals surface area contributed by atoms with Crippen LogP contribution in [0.3, 0.4) is 0 Å². The number of anilines is 1. The summed E-state index contributed by atoms with van der Waals surface area (Å²) in [6.45, 7) is 0.601. The second-order valence-corrected chi connectivity index (χ2v) is 4.01. The molecule has 0 saturated heterocycles. The summed E-state index contributed by atoms with van der Waals surface area (Å²) in [6.07, 6.45) is 1.60. The summed E-state index contributed by atoms with van der Waals surface area (Å²) in [7, 11) is 1.70. The lowest BCUT2D eigenvalue weighted by molar-refractivity contribution is 0.102. The first-order chi connectivity index (χ1) is 8.83. The molecule has 18 heavy (non-hydrogen) atoms. The summed E-state index contributed by atoms with van der Waals surface area (Å²) in [6, 6.07) is 10.9. The molecule has 0 fully saturated rings. The number of nitrogens with zero attached hydrogens (tertiary/aromatic N) is 1. The second-order valence-electron chi connectivity index (χ2n) is 4.01. The van der Waals surface area contributed by atoms with Gasteiger partial charge < -0.3 is 9.97 Å². The van der Waals surface area contributed by atoms with E-state index in [2.05, 4.69) is 10.3 Å². The highest BCUT2D eigenvalue weighted by atomic mass is 16.4. The molecule has 0 unspecified atom stereocenters. The van der Waals surface area contributed by atoms with Crippen molar-refractivity contribution in [3.63, 3.8) is 0 Å². The first-order valence-corrected chi connectivity index (χ1v) is 5.63. The third-order valence-electron chi connectivity index (χ3n) is 2.75. The van der Waals surface area contributed by atoms with Crippen molar-refractivity contribution in [3.8, 4) is 0 Å². The molecule has 4 nitrogen and oxygen atoms in total. The quantitative estimate of drug-likeness (QED) is 0.796. The van der Waals surface area contributed by atoms with Crippen LogP contribution in [0.25, 0.3) is 0 Å². The SMILES string of the molecule is O=C(Nc1ccc2c(c1)[B]OC2)c1ccccn1. The van der Waals surface area contributed by atoms with Gasteiger partial charge in [0.1, 0.15) is 5.69 Å². The van der Waals surface area contributed by atoms with E-state index in [0.717, 1.165) is 16.7 Å². The molecule has 1 N–H and O–H groups in total. The predicted molar refractivity (Wildman–Crippen MR) is 68.8 cm³/mol. The van der Waals surface area contributed by atoms with Gasteiger partial charge >= 0.3 is 7.48 Å². The molecule has 1 aromatic carbocycles. The lowest BCUT2D eigenvalue weighted by Crippen LogP contribution is -2.17. The van der Waals surface area contributed by atoms with Gasteiger partial charge in [0.05, 0.1) is 6.61 Å². The van der Waals surface area contributed by atoms with Crippen LogP contribution in [0.5, 0.6) is 0 Å². The van der Waals surface area contributed by atoms with Crippen LogP contribution in [0.2, 0.25) is 0 Å². The van der Waals surface area contributed by atoms with E-state index in [1.807, 2.05) is 18.2 Å². The fourth-order valence-corrected chi connectivity index (χ4v) is 1.83. The van der Waals surface area contributed by atoms with E-state index < -0.39 is 0 Å². The average molecular weight is 237 g/mol. The van der Waals surface area contributed by atoms with Gasteiger partial charge in [-0.3, -0.25) is 9.78 Å². The summed E-state index contributed by atoms with van der Waals surface area (Å²) in [5.74, 6) is -0.213. The number of carbonyl (C=O) groups excluding carboxylic acids is 1. The number of benzene rings is 1. The van der Waals surface area contributed by atoms with E-state index in [4.69, 9.17) is 4.65 Å². The Balaban J connectivity index is 1.79. The molecule has 1 radical (unpaired) electrons. The highest BCUT2D eigenvalue weighted by Gasteiger charge is 2.14. The van der Waals surface area contributed by atoms with Crippen LogP contribution >= 0.6 is 0 Å². The van der Waals surface area contributed by atoms with Gasteiger partial charge in [-0.15, -0.1) is 0 Å². The van der Waals surface area contributed by atoms with E-state index in [0.29, 0.717) is 12.3 Å². The molecule has 0 atom stereocenters. The second kappa shape index (κ2) is 4.62. The van der Waals surface area contributed by atoms with Gasteiger partial charge in [-0.25, -0.2) is 0 Å². The van der Waals surface area contributed by atoms with Crippen molar-refractivity contribution < 1.29 is 9.45 Å². The van der Waals surface area contributed by atoms with Gasteiger partial charge in [0.15, 0.2) is 0 Å². The minimum absolute atomic E-state index is 0.213. The predicted octanol–water partition coefficient (Wildman–Crippen LogP) is 1.11. The van der Waals surface area contributed by atoms with Gasteiger partial charge in [0, 0.05) is 11.9 Å². The van der Waals surface area contributed by atoms with Gasteiger partial charge in [-0.05, 0) is 35.3 Å². The van der Waals surface area contributed by atoms with Crippen LogP contribution in [0.15, 0.2) is 42.6 Å². The first-order valence-electron chi connectivity index (χ1n) is 5.63. The molecule has 1 aromatic heterocycles. The van der Waals surface area contributed by atoms with Crippen molar-refractivity contribution in [2.45, 2.75) is 6.61 Å². The fraction of sp³-hybridized carbons (Fsp3) is 0.0769. The molecule has 1 amide bonds. The largest absolute Gasteiger partial charge is 0.430 e. The van der Waals surface area contributed by atoms with Crippen LogP contribution < -0.4 is 10.8 Å². The Morgan fingerprint density at radius 2 is 2.28 bits per heavy atom. The van der Waals surface area contributed by atoms with Crippen molar-refractivity contribution in [3.05, 3.63) is 53.9 Å². The lowest BCUT2D eigenvalue weighted by Gasteiger charge is -2.06. The number of amides is 1. The third kappa shape index (κ3) is 2.12. The van der Waals surface area contributed by atoms with Crippen molar-refractivity contribution in [2.75, 3.05) is 5.32 Å². The Labute approximate surface area is 105 Å². The molecule has 0 spiro atoms.